The molecule has 558 valence electrons. The molecule has 7 heterocycles. The van der Waals surface area contributed by atoms with Crippen LogP contribution < -0.4 is 11.1 Å². The van der Waals surface area contributed by atoms with Crippen molar-refractivity contribution >= 4 is 23.5 Å². The first-order valence-corrected chi connectivity index (χ1v) is 36.5. The number of carbonyl (C=O) groups is 2. The average Bonchev–Trinajstić information content (AvgIpc) is 1.56. The van der Waals surface area contributed by atoms with E-state index in [1.807, 2.05) is 56.9 Å². The molecule has 0 unspecified atom stereocenters. The molecule has 3 fully saturated rings. The molecule has 0 bridgehead atoms. The van der Waals surface area contributed by atoms with Crippen LogP contribution in [0.25, 0.3) is 0 Å². The summed E-state index contributed by atoms with van der Waals surface area (Å²) in [5.41, 5.74) is 9.21. The monoisotopic (exact) mass is 1340 g/mol. The number of ketones is 2. The molecule has 15 heteroatoms. The number of rotatable bonds is 5. The molecule has 0 atom stereocenters. The lowest BCUT2D eigenvalue weighted by molar-refractivity contribution is -0.120. The van der Waals surface area contributed by atoms with Gasteiger partial charge in [-0.3, -0.25) is 19.5 Å². The molecule has 0 radical (unpaired) electrons. The minimum Gasteiger partial charge on any atom is -0.349 e. The molecule has 0 saturated carbocycles. The molecular weight excluding hydrogens is 1170 g/mol. The number of H-pyrrole nitrogens is 1. The third-order valence-corrected chi connectivity index (χ3v) is 14.8. The fraction of sp³-hybridized carbons (Fsp3) is 0.838. The third-order valence-electron chi connectivity index (χ3n) is 14.8. The number of hydrogen-bond donors (Lipinski definition) is 3. The Morgan fingerprint density at radius 3 is 1.09 bits per heavy atom. The molecular formula is C80H161N13O2. The molecule has 0 aromatic carbocycles. The summed E-state index contributed by atoms with van der Waals surface area (Å²) >= 11 is 0. The van der Waals surface area contributed by atoms with Crippen LogP contribution >= 0.6 is 0 Å². The molecule has 7 rings (SSSR count). The smallest absolute Gasteiger partial charge is 0.137 e. The molecule has 3 aromatic rings. The molecule has 15 nitrogen and oxygen atoms in total. The van der Waals surface area contributed by atoms with Gasteiger partial charge in [-0.1, -0.05) is 110 Å². The van der Waals surface area contributed by atoms with Crippen molar-refractivity contribution in [1.82, 2.24) is 49.3 Å². The molecule has 95 heavy (non-hydrogen) atoms. The maximum absolute atomic E-state index is 10.8. The van der Waals surface area contributed by atoms with Crippen molar-refractivity contribution in [1.29, 1.82) is 0 Å². The summed E-state index contributed by atoms with van der Waals surface area (Å²) in [5, 5.41) is 15.1. The minimum absolute atomic E-state index is 0. The van der Waals surface area contributed by atoms with Crippen LogP contribution in [0.3, 0.4) is 0 Å². The molecule has 4 aliphatic heterocycles. The molecule has 4 N–H and O–H groups in total. The van der Waals surface area contributed by atoms with Crippen LogP contribution in [0.4, 0.5) is 0 Å². The zero-order valence-corrected chi connectivity index (χ0v) is 69.7. The molecule has 0 amide bonds. The first kappa shape index (κ1) is 97.5. The highest BCUT2D eigenvalue weighted by Crippen LogP contribution is 2.24. The van der Waals surface area contributed by atoms with Crippen LogP contribution in [0.5, 0.6) is 0 Å². The summed E-state index contributed by atoms with van der Waals surface area (Å²) in [5.74, 6) is 1.70. The third kappa shape index (κ3) is 62.1. The van der Waals surface area contributed by atoms with Crippen molar-refractivity contribution < 1.29 is 9.59 Å². The Morgan fingerprint density at radius 2 is 0.947 bits per heavy atom. The number of nitrogens with two attached hydrogens (primary N) is 1. The number of hydrogen-bond acceptors (Lipinski definition) is 12. The topological polar surface area (TPSA) is 171 Å². The second-order valence-corrected chi connectivity index (χ2v) is 37.6. The Morgan fingerprint density at radius 1 is 0.547 bits per heavy atom. The van der Waals surface area contributed by atoms with Crippen LogP contribution in [0, 0.1) is 16.2 Å². The van der Waals surface area contributed by atoms with Crippen molar-refractivity contribution in [3.05, 3.63) is 55.4 Å². The van der Waals surface area contributed by atoms with Gasteiger partial charge in [0.1, 0.15) is 30.0 Å². The van der Waals surface area contributed by atoms with Gasteiger partial charge in [-0.05, 0) is 266 Å². The second kappa shape index (κ2) is 45.7. The molecule has 4 aliphatic rings. The Kier molecular flexibility index (Phi) is 46.9. The summed E-state index contributed by atoms with van der Waals surface area (Å²) in [4.78, 5) is 40.1. The van der Waals surface area contributed by atoms with Gasteiger partial charge in [0.15, 0.2) is 0 Å². The maximum Gasteiger partial charge on any atom is 0.137 e. The molecule has 3 saturated heterocycles. The Balaban J connectivity index is -0.000000481. The van der Waals surface area contributed by atoms with Crippen molar-refractivity contribution in [2.75, 3.05) is 45.8 Å². The highest BCUT2D eigenvalue weighted by molar-refractivity contribution is 6.01. The van der Waals surface area contributed by atoms with E-state index < -0.39 is 0 Å². The summed E-state index contributed by atoms with van der Waals surface area (Å²) in [6.07, 6.45) is 28.2. The SMILES string of the molecule is CC(=O)CCC(C)(C)C.CC(C)(C)C1=NN=CC1.CC(C)(C)N.CC(C)(C)N1CCCC1.CC(C)(C)N1CCCCC1.CC(C)(C)N1CCCCC1.CC(C)(C)c1ncc[nH]1.CC(C)(C)n1cccc1.CC(C)(C)n1cncn1.CCC(=O)CC(C)(C)C.CCNC(C)(C)C. The summed E-state index contributed by atoms with van der Waals surface area (Å²) in [6, 6.07) is 4.09. The average molecular weight is 1340 g/mol. The molecule has 3 aromatic heterocycles. The predicted octanol–water partition coefficient (Wildman–Crippen LogP) is 20.2. The van der Waals surface area contributed by atoms with Gasteiger partial charge in [0.2, 0.25) is 0 Å². The molecule has 0 aliphatic carbocycles. The number of likely N-dealkylation sites (tertiary alicyclic amines) is 3. The number of imidazole rings is 1. The number of nitrogens with one attached hydrogen (secondary N) is 2. The van der Waals surface area contributed by atoms with Crippen molar-refractivity contribution in [3.8, 4) is 0 Å². The van der Waals surface area contributed by atoms with Gasteiger partial charge in [-0.2, -0.15) is 15.3 Å². The Bertz CT molecular complexity index is 2220. The quantitative estimate of drug-likeness (QED) is 0.223. The fourth-order valence-electron chi connectivity index (χ4n) is 9.06. The number of aromatic amines is 1. The van der Waals surface area contributed by atoms with E-state index in [9.17, 15) is 9.59 Å². The number of piperidine rings is 2. The van der Waals surface area contributed by atoms with Crippen molar-refractivity contribution in [2.24, 2.45) is 32.2 Å². The maximum atomic E-state index is 10.8. The minimum atomic E-state index is 0. The predicted molar refractivity (Wildman–Crippen MR) is 419 cm³/mol. The van der Waals surface area contributed by atoms with E-state index in [2.05, 4.69) is 282 Å². The van der Waals surface area contributed by atoms with Crippen LogP contribution in [-0.2, 0) is 26.1 Å². The zero-order valence-electron chi connectivity index (χ0n) is 69.7. The lowest BCUT2D eigenvalue weighted by atomic mass is 9.89. The van der Waals surface area contributed by atoms with Gasteiger partial charge < -0.3 is 25.4 Å². The van der Waals surface area contributed by atoms with Crippen LogP contribution in [-0.4, -0.2) is 141 Å². The van der Waals surface area contributed by atoms with Crippen molar-refractivity contribution in [3.63, 3.8) is 0 Å². The summed E-state index contributed by atoms with van der Waals surface area (Å²) < 4.78 is 4.01. The zero-order chi connectivity index (χ0) is 75.2. The van der Waals surface area contributed by atoms with Gasteiger partial charge in [-0.25, -0.2) is 14.6 Å². The number of nitrogens with zero attached hydrogens (tertiary/aromatic N) is 10. The summed E-state index contributed by atoms with van der Waals surface area (Å²) in [7, 11) is 0. The summed E-state index contributed by atoms with van der Waals surface area (Å²) in [6.45, 7) is 86.0. The first-order valence-electron chi connectivity index (χ1n) is 36.5. The lowest BCUT2D eigenvalue weighted by Gasteiger charge is -2.38. The Hall–Kier alpha value is -3.89. The standard InChI is InChI=1S/2C9H19N.C8H17N.C8H13N.2C8H16O.2C7H12N2.C6H11N3.C6H15N.C4H11N/c2*1-9(2,3)10-7-5-4-6-8-10;2*1-8(2,3)9-6-4-5-7-9;1-7(9)5-6-8(2,3)4;1-5-7(9)6-8(2,3)4;1-7(2,3)6-8-4-5-9-6;1-7(2,3)6-4-5-8-9-6;1-6(2,3)9-5-7-4-8-9;1-5-7-6(2,3)4;1-4(2,3)5/h2*4-8H2,1-3H3;4-7H2,1-3H3;4-7H,1-3H3;2*5-6H2,1-4H3;4-5H,1-3H3,(H,8,9);5H,4H2,1-3H3;4-5H,1-3H3;7H,5H2,1-4H3;5H2,1-3H3. The van der Waals surface area contributed by atoms with E-state index >= 15 is 0 Å². The van der Waals surface area contributed by atoms with Gasteiger partial charge in [-0.15, -0.1) is 0 Å². The molecule has 0 spiro atoms. The number of aromatic nitrogens is 6. The van der Waals surface area contributed by atoms with E-state index in [0.717, 1.165) is 31.6 Å². The van der Waals surface area contributed by atoms with E-state index in [-0.39, 0.29) is 32.9 Å². The van der Waals surface area contributed by atoms with E-state index in [1.54, 1.807) is 25.8 Å². The highest BCUT2D eigenvalue weighted by atomic mass is 16.1. The van der Waals surface area contributed by atoms with Crippen LogP contribution in [0.2, 0.25) is 0 Å². The van der Waals surface area contributed by atoms with Gasteiger partial charge >= 0.3 is 0 Å². The van der Waals surface area contributed by atoms with Gasteiger partial charge in [0.05, 0.1) is 11.3 Å². The van der Waals surface area contributed by atoms with E-state index in [1.165, 1.54) is 96.3 Å². The number of Topliss-reactive ketones (excluding diaryl/α,β-unsaturated/α-hetero) is 2. The van der Waals surface area contributed by atoms with Gasteiger partial charge in [0, 0.05) is 101 Å². The van der Waals surface area contributed by atoms with Crippen LogP contribution in [0.1, 0.15) is 339 Å². The normalized spacial score (nSPS) is 15.9. The van der Waals surface area contributed by atoms with E-state index in [0.29, 0.717) is 52.0 Å². The lowest BCUT2D eigenvalue weighted by Crippen LogP contribution is -2.44. The van der Waals surface area contributed by atoms with Gasteiger partial charge in [0.25, 0.3) is 0 Å². The van der Waals surface area contributed by atoms with Crippen molar-refractivity contribution in [2.45, 2.75) is 377 Å². The van der Waals surface area contributed by atoms with Crippen LogP contribution in [0.15, 0.2) is 59.8 Å². The van der Waals surface area contributed by atoms with E-state index in [4.69, 9.17) is 5.73 Å². The highest BCUT2D eigenvalue weighted by Gasteiger charge is 2.25. The second-order valence-electron chi connectivity index (χ2n) is 37.6. The Labute approximate surface area is 589 Å². The fourth-order valence-corrected chi connectivity index (χ4v) is 9.06. The largest absolute Gasteiger partial charge is 0.349 e. The first-order chi connectivity index (χ1) is 42.7. The number of carbonyl (C=O) groups excluding carboxylic acids is 2.